The van der Waals surface area contributed by atoms with Gasteiger partial charge in [-0.1, -0.05) is 0 Å². The van der Waals surface area contributed by atoms with Crippen LogP contribution < -0.4 is 21.3 Å². The van der Waals surface area contributed by atoms with Crippen LogP contribution in [-0.4, -0.2) is 225 Å². The molecule has 4 fully saturated rings. The predicted octanol–water partition coefficient (Wildman–Crippen LogP) is -9.09. The number of ether oxygens (including phenoxy) is 7. The molecule has 3 amide bonds. The summed E-state index contributed by atoms with van der Waals surface area (Å²) in [7, 11) is 1.42. The molecule has 24 nitrogen and oxygen atoms in total. The first-order valence-electron chi connectivity index (χ1n) is 17.6. The van der Waals surface area contributed by atoms with E-state index in [1.807, 2.05) is 0 Å². The molecule has 14 N–H and O–H groups in total. The van der Waals surface area contributed by atoms with E-state index in [9.17, 15) is 65.4 Å². The molecule has 4 heterocycles. The maximum Gasteiger partial charge on any atom is 0.217 e. The molecule has 318 valence electrons. The van der Waals surface area contributed by atoms with E-state index in [4.69, 9.17) is 33.2 Å². The summed E-state index contributed by atoms with van der Waals surface area (Å²) in [6, 6.07) is -5.67. The Morgan fingerprint density at radius 2 is 0.800 bits per heavy atom. The highest BCUT2D eigenvalue weighted by molar-refractivity contribution is 5.74. The Hall–Kier alpha value is -2.31. The minimum atomic E-state index is -1.86. The summed E-state index contributed by atoms with van der Waals surface area (Å²) in [5, 5.41) is 116. The van der Waals surface area contributed by atoms with Crippen molar-refractivity contribution in [1.29, 1.82) is 0 Å². The van der Waals surface area contributed by atoms with E-state index in [1.54, 1.807) is 0 Å². The van der Waals surface area contributed by atoms with E-state index in [0.717, 1.165) is 20.8 Å². The number of hydrogen-bond acceptors (Lipinski definition) is 21. The van der Waals surface area contributed by atoms with Crippen molar-refractivity contribution in [3.8, 4) is 0 Å². The first-order chi connectivity index (χ1) is 26.0. The second-order valence-electron chi connectivity index (χ2n) is 13.7. The lowest BCUT2D eigenvalue weighted by atomic mass is 9.93. The average Bonchev–Trinajstić information content (AvgIpc) is 3.13. The molecular formula is C31H54N4O20. The number of carbonyl (C=O) groups excluding carboxylic acids is 3. The van der Waals surface area contributed by atoms with Gasteiger partial charge in [0, 0.05) is 20.8 Å². The third-order valence-corrected chi connectivity index (χ3v) is 9.78. The molecule has 0 aromatic carbocycles. The molecule has 4 rings (SSSR count). The van der Waals surface area contributed by atoms with Crippen LogP contribution in [0.25, 0.3) is 0 Å². The van der Waals surface area contributed by atoms with Gasteiger partial charge in [-0.15, -0.1) is 0 Å². The highest BCUT2D eigenvalue weighted by Crippen LogP contribution is 2.34. The van der Waals surface area contributed by atoms with Gasteiger partial charge in [0.05, 0.1) is 32.5 Å². The van der Waals surface area contributed by atoms with Crippen LogP contribution in [0.15, 0.2) is 0 Å². The molecule has 0 radical (unpaired) electrons. The maximum absolute atomic E-state index is 12.4. The molecule has 0 aliphatic carbocycles. The van der Waals surface area contributed by atoms with Crippen molar-refractivity contribution in [2.75, 3.05) is 33.5 Å². The maximum atomic E-state index is 12.4. The Labute approximate surface area is 314 Å². The zero-order valence-corrected chi connectivity index (χ0v) is 30.4. The van der Waals surface area contributed by atoms with Crippen molar-refractivity contribution >= 4 is 17.7 Å². The molecule has 4 saturated heterocycles. The highest BCUT2D eigenvalue weighted by Gasteiger charge is 2.56. The molecule has 55 heavy (non-hydrogen) atoms. The van der Waals surface area contributed by atoms with Crippen LogP contribution in [0.2, 0.25) is 0 Å². The molecular weight excluding hydrogens is 748 g/mol. The van der Waals surface area contributed by atoms with Crippen molar-refractivity contribution < 1.29 is 98.6 Å². The van der Waals surface area contributed by atoms with Gasteiger partial charge < -0.3 is 105 Å². The quantitative estimate of drug-likeness (QED) is 0.0775. The highest BCUT2D eigenvalue weighted by atomic mass is 16.8. The summed E-state index contributed by atoms with van der Waals surface area (Å²) in [6.45, 7) is 0.0441. The van der Waals surface area contributed by atoms with Gasteiger partial charge in [0.2, 0.25) is 17.7 Å². The van der Waals surface area contributed by atoms with Crippen LogP contribution in [0.5, 0.6) is 0 Å². The lowest BCUT2D eigenvalue weighted by molar-refractivity contribution is -0.362. The van der Waals surface area contributed by atoms with Crippen molar-refractivity contribution in [3.05, 3.63) is 0 Å². The van der Waals surface area contributed by atoms with Crippen LogP contribution in [0.3, 0.4) is 0 Å². The standard InChI is InChI=1S/C31H54N4O20/c1-9(40)33-16-22(45)25(13(6-37)49-28(16)48)54-30-19(35-11(3)42)24(47)27(15(8-39)52-30)55-31-18(34-10(2)41)23(46)26(14(7-38)51-31)53-29-17(32-4)21(44)20(43)12(5-36)50-29/h12-32,36-39,43-48H,5-8H2,1-4H3,(H,33,40)(H,34,41)(H,35,42)/t12-,13+,14+,15-,16-,17-,18-,19-,20-,21?,22?,23?,24?,25-,26-,27-,28-,29+,30+,31+/m1/s1. The second kappa shape index (κ2) is 19.9. The fourth-order valence-electron chi connectivity index (χ4n) is 7.09. The van der Waals surface area contributed by atoms with Gasteiger partial charge in [0.1, 0.15) is 91.4 Å². The van der Waals surface area contributed by atoms with Gasteiger partial charge in [-0.25, -0.2) is 0 Å². The van der Waals surface area contributed by atoms with Gasteiger partial charge in [-0.2, -0.15) is 0 Å². The van der Waals surface area contributed by atoms with E-state index in [2.05, 4.69) is 21.3 Å². The van der Waals surface area contributed by atoms with Crippen LogP contribution in [0.4, 0.5) is 0 Å². The van der Waals surface area contributed by atoms with Gasteiger partial charge in [0.15, 0.2) is 25.2 Å². The van der Waals surface area contributed by atoms with E-state index in [1.165, 1.54) is 7.05 Å². The van der Waals surface area contributed by atoms with Gasteiger partial charge in [0.25, 0.3) is 0 Å². The normalized spacial score (nSPS) is 45.1. The van der Waals surface area contributed by atoms with Crippen molar-refractivity contribution in [1.82, 2.24) is 21.3 Å². The number of hydrogen-bond donors (Lipinski definition) is 14. The summed E-state index contributed by atoms with van der Waals surface area (Å²) in [6.07, 6.45) is -25.6. The average molecular weight is 803 g/mol. The summed E-state index contributed by atoms with van der Waals surface area (Å²) in [5.74, 6) is -2.08. The Kier molecular flexibility index (Phi) is 16.4. The van der Waals surface area contributed by atoms with Crippen LogP contribution in [0.1, 0.15) is 20.8 Å². The number of likely N-dealkylation sites (N-methyl/N-ethyl adjacent to an activating group) is 1. The summed E-state index contributed by atoms with van der Waals surface area (Å²) < 4.78 is 40.7. The van der Waals surface area contributed by atoms with Gasteiger partial charge in [-0.3, -0.25) is 14.4 Å². The van der Waals surface area contributed by atoms with E-state index in [0.29, 0.717) is 0 Å². The smallest absolute Gasteiger partial charge is 0.217 e. The van der Waals surface area contributed by atoms with Gasteiger partial charge >= 0.3 is 0 Å². The lowest BCUT2D eigenvalue weighted by Gasteiger charge is -2.51. The molecule has 0 saturated carbocycles. The number of aliphatic hydroxyl groups excluding tert-OH is 10. The molecule has 4 aliphatic rings. The van der Waals surface area contributed by atoms with Crippen LogP contribution in [-0.2, 0) is 47.5 Å². The van der Waals surface area contributed by atoms with Crippen molar-refractivity contribution in [3.63, 3.8) is 0 Å². The molecule has 4 aliphatic heterocycles. The Balaban J connectivity index is 1.60. The zero-order valence-electron chi connectivity index (χ0n) is 30.4. The topological polar surface area (TPSA) is 366 Å². The minimum Gasteiger partial charge on any atom is -0.394 e. The number of aliphatic hydroxyl groups is 10. The number of carbonyl (C=O) groups is 3. The Bertz CT molecular complexity index is 1270. The van der Waals surface area contributed by atoms with E-state index < -0.39 is 167 Å². The number of amides is 3. The largest absolute Gasteiger partial charge is 0.394 e. The number of nitrogens with one attached hydrogen (secondary N) is 4. The van der Waals surface area contributed by atoms with E-state index in [-0.39, 0.29) is 0 Å². The van der Waals surface area contributed by atoms with Crippen LogP contribution >= 0.6 is 0 Å². The molecule has 24 heteroatoms. The minimum absolute atomic E-state index is 0.652. The van der Waals surface area contributed by atoms with E-state index >= 15 is 0 Å². The third kappa shape index (κ3) is 10.2. The summed E-state index contributed by atoms with van der Waals surface area (Å²) >= 11 is 0. The molecule has 4 unspecified atom stereocenters. The molecule has 0 bridgehead atoms. The SMILES string of the molecule is CN[C@@H]1C(O)[C@H](O)[C@@H](CO)O[C@H]1O[C@H]1C(O)[C@@H](NC(C)=O)[C@H](O[C@H]2C(O)[C@@H](NC(C)=O)[C@H](O[C@H]3C(O)[C@@H](NC(C)=O)[C@H](O)O[C@H]3CO)O[C@@H]2CO)O[C@H]1CO. The molecule has 20 atom stereocenters. The van der Waals surface area contributed by atoms with Crippen molar-refractivity contribution in [2.24, 2.45) is 0 Å². The molecule has 0 aromatic rings. The number of rotatable bonds is 14. The Morgan fingerprint density at radius 3 is 1.16 bits per heavy atom. The monoisotopic (exact) mass is 802 g/mol. The predicted molar refractivity (Wildman–Crippen MR) is 176 cm³/mol. The first kappa shape index (κ1) is 45.4. The summed E-state index contributed by atoms with van der Waals surface area (Å²) in [4.78, 5) is 36.4. The van der Waals surface area contributed by atoms with Crippen molar-refractivity contribution in [2.45, 2.75) is 143 Å². The zero-order chi connectivity index (χ0) is 40.9. The lowest BCUT2D eigenvalue weighted by Crippen LogP contribution is -2.71. The fraction of sp³-hybridized carbons (Fsp3) is 0.903. The fourth-order valence-corrected chi connectivity index (χ4v) is 7.09. The molecule has 0 spiro atoms. The second-order valence-corrected chi connectivity index (χ2v) is 13.7. The molecule has 0 aromatic heterocycles. The van der Waals surface area contributed by atoms with Gasteiger partial charge in [-0.05, 0) is 7.05 Å². The summed E-state index contributed by atoms with van der Waals surface area (Å²) in [5.41, 5.74) is 0. The first-order valence-corrected chi connectivity index (χ1v) is 17.6. The third-order valence-electron chi connectivity index (χ3n) is 9.78. The van der Waals surface area contributed by atoms with Crippen LogP contribution in [0, 0.1) is 0 Å². The Morgan fingerprint density at radius 1 is 0.473 bits per heavy atom.